The first kappa shape index (κ1) is 22.8. The van der Waals surface area contributed by atoms with E-state index in [9.17, 15) is 9.18 Å². The molecule has 0 N–H and O–H groups in total. The third-order valence-electron chi connectivity index (χ3n) is 5.29. The molecule has 4 rings (SSSR count). The Hall–Kier alpha value is -3.39. The number of benzene rings is 2. The Morgan fingerprint density at radius 3 is 2.61 bits per heavy atom. The molecule has 0 aliphatic heterocycles. The second-order valence-electron chi connectivity index (χ2n) is 7.67. The molecule has 33 heavy (non-hydrogen) atoms. The molecule has 6 nitrogen and oxygen atoms in total. The fourth-order valence-electron chi connectivity index (χ4n) is 3.52. The van der Waals surface area contributed by atoms with E-state index in [1.807, 2.05) is 38.1 Å². The molecule has 0 aliphatic carbocycles. The topological polar surface area (TPSA) is 70.2 Å². The Kier molecular flexibility index (Phi) is 6.93. The zero-order chi connectivity index (χ0) is 23.4. The molecule has 0 saturated heterocycles. The van der Waals surface area contributed by atoms with Gasteiger partial charge in [0, 0.05) is 23.5 Å². The summed E-state index contributed by atoms with van der Waals surface area (Å²) in [6, 6.07) is 18.2. The van der Waals surface area contributed by atoms with Crippen LogP contribution < -0.4 is 4.74 Å². The van der Waals surface area contributed by atoms with E-state index in [-0.39, 0.29) is 28.4 Å². The molecule has 2 aromatic heterocycles. The summed E-state index contributed by atoms with van der Waals surface area (Å²) in [5, 5.41) is 8.22. The first-order valence-electron chi connectivity index (χ1n) is 10.5. The molecule has 1 atom stereocenters. The molecule has 4 aromatic rings. The van der Waals surface area contributed by atoms with Crippen LogP contribution in [-0.4, -0.2) is 26.3 Å². The maximum atomic E-state index is 13.8. The summed E-state index contributed by atoms with van der Waals surface area (Å²) in [6.45, 7) is 6.37. The van der Waals surface area contributed by atoms with Crippen molar-refractivity contribution in [3.63, 3.8) is 0 Å². The molecule has 0 fully saturated rings. The van der Waals surface area contributed by atoms with Gasteiger partial charge in [-0.25, -0.2) is 4.39 Å². The van der Waals surface area contributed by atoms with Crippen LogP contribution in [0.3, 0.4) is 0 Å². The standard InChI is InChI=1S/C25H24FN3O3S/c1-16-13-20(17(2)29(16)14-19-9-5-4-6-10-19)22(30)15-33-25-28-27-24(32-25)18(3)31-23-12-8-7-11-21(23)26/h4-13,18H,14-15H2,1-3H3/t18-/m0/s1. The SMILES string of the molecule is Cc1cc(C(=O)CSc2nnc([C@H](C)Oc3ccccc3F)o2)c(C)n1Cc1ccccc1. The van der Waals surface area contributed by atoms with E-state index in [1.165, 1.54) is 29.5 Å². The average molecular weight is 466 g/mol. The first-order chi connectivity index (χ1) is 15.9. The summed E-state index contributed by atoms with van der Waals surface area (Å²) < 4.78 is 27.1. The van der Waals surface area contributed by atoms with Crippen LogP contribution >= 0.6 is 11.8 Å². The highest BCUT2D eigenvalue weighted by Crippen LogP contribution is 2.26. The van der Waals surface area contributed by atoms with Crippen LogP contribution in [0, 0.1) is 19.7 Å². The van der Waals surface area contributed by atoms with Gasteiger partial charge in [0.2, 0.25) is 0 Å². The van der Waals surface area contributed by atoms with E-state index in [2.05, 4.69) is 26.9 Å². The Bertz CT molecular complexity index is 1250. The van der Waals surface area contributed by atoms with Crippen LogP contribution in [0.5, 0.6) is 5.75 Å². The summed E-state index contributed by atoms with van der Waals surface area (Å²) in [5.41, 5.74) is 3.83. The smallest absolute Gasteiger partial charge is 0.277 e. The lowest BCUT2D eigenvalue weighted by atomic mass is 10.2. The fraction of sp³-hybridized carbons (Fsp3) is 0.240. The normalized spacial score (nSPS) is 12.0. The van der Waals surface area contributed by atoms with Crippen LogP contribution in [0.4, 0.5) is 4.39 Å². The molecule has 0 saturated carbocycles. The number of hydrogen-bond acceptors (Lipinski definition) is 6. The Balaban J connectivity index is 1.38. The molecule has 0 aliphatic rings. The van der Waals surface area contributed by atoms with E-state index in [1.54, 1.807) is 19.1 Å². The van der Waals surface area contributed by atoms with Gasteiger partial charge < -0.3 is 13.7 Å². The van der Waals surface area contributed by atoms with Gasteiger partial charge in [-0.15, -0.1) is 10.2 Å². The van der Waals surface area contributed by atoms with Crippen LogP contribution in [0.15, 0.2) is 70.3 Å². The molecule has 0 unspecified atom stereocenters. The van der Waals surface area contributed by atoms with Crippen molar-refractivity contribution in [2.75, 3.05) is 5.75 Å². The fourth-order valence-corrected chi connectivity index (χ4v) is 4.17. The van der Waals surface area contributed by atoms with E-state index in [4.69, 9.17) is 9.15 Å². The summed E-state index contributed by atoms with van der Waals surface area (Å²) >= 11 is 1.17. The van der Waals surface area contributed by atoms with Crippen molar-refractivity contribution in [1.82, 2.24) is 14.8 Å². The van der Waals surface area contributed by atoms with Crippen molar-refractivity contribution in [3.8, 4) is 5.75 Å². The van der Waals surface area contributed by atoms with Crippen molar-refractivity contribution in [2.45, 2.75) is 38.6 Å². The molecule has 2 aromatic carbocycles. The highest BCUT2D eigenvalue weighted by Gasteiger charge is 2.20. The number of ketones is 1. The minimum Gasteiger partial charge on any atom is -0.478 e. The minimum absolute atomic E-state index is 0.0113. The van der Waals surface area contributed by atoms with E-state index >= 15 is 0 Å². The number of thioether (sulfide) groups is 1. The van der Waals surface area contributed by atoms with Crippen LogP contribution in [0.2, 0.25) is 0 Å². The molecule has 0 spiro atoms. The van der Waals surface area contributed by atoms with Crippen molar-refractivity contribution in [2.24, 2.45) is 0 Å². The molecular formula is C25H24FN3O3S. The van der Waals surface area contributed by atoms with E-state index in [0.29, 0.717) is 12.1 Å². The van der Waals surface area contributed by atoms with Gasteiger partial charge in [0.1, 0.15) is 0 Å². The number of rotatable bonds is 9. The monoisotopic (exact) mass is 465 g/mol. The van der Waals surface area contributed by atoms with Gasteiger partial charge in [0.15, 0.2) is 23.5 Å². The molecule has 8 heteroatoms. The Labute approximate surface area is 195 Å². The van der Waals surface area contributed by atoms with Crippen molar-refractivity contribution in [3.05, 3.63) is 94.9 Å². The largest absolute Gasteiger partial charge is 0.478 e. The molecular weight excluding hydrogens is 441 g/mol. The highest BCUT2D eigenvalue weighted by molar-refractivity contribution is 7.99. The molecule has 170 valence electrons. The van der Waals surface area contributed by atoms with Gasteiger partial charge in [-0.2, -0.15) is 0 Å². The number of carbonyl (C=O) groups is 1. The lowest BCUT2D eigenvalue weighted by molar-refractivity contribution is 0.102. The maximum absolute atomic E-state index is 13.8. The number of hydrogen-bond donors (Lipinski definition) is 0. The van der Waals surface area contributed by atoms with Crippen molar-refractivity contribution < 1.29 is 18.3 Å². The van der Waals surface area contributed by atoms with Gasteiger partial charge in [0.05, 0.1) is 5.75 Å². The minimum atomic E-state index is -0.628. The highest BCUT2D eigenvalue weighted by atomic mass is 32.2. The zero-order valence-corrected chi connectivity index (χ0v) is 19.4. The van der Waals surface area contributed by atoms with Gasteiger partial charge in [0.25, 0.3) is 11.1 Å². The molecule has 0 bridgehead atoms. The molecule has 0 amide bonds. The number of aromatic nitrogens is 3. The second-order valence-corrected chi connectivity index (χ2v) is 8.59. The molecule has 2 heterocycles. The van der Waals surface area contributed by atoms with Crippen molar-refractivity contribution >= 4 is 17.5 Å². The maximum Gasteiger partial charge on any atom is 0.277 e. The van der Waals surface area contributed by atoms with Crippen molar-refractivity contribution in [1.29, 1.82) is 0 Å². The number of carbonyl (C=O) groups excluding carboxylic acids is 1. The first-order valence-corrected chi connectivity index (χ1v) is 11.5. The number of Topliss-reactive ketones (excluding diaryl/α,β-unsaturated/α-hetero) is 1. The third-order valence-corrected chi connectivity index (χ3v) is 6.11. The Morgan fingerprint density at radius 2 is 1.85 bits per heavy atom. The quantitative estimate of drug-likeness (QED) is 0.230. The van der Waals surface area contributed by atoms with Gasteiger partial charge >= 0.3 is 0 Å². The van der Waals surface area contributed by atoms with Gasteiger partial charge in [-0.3, -0.25) is 4.79 Å². The second kappa shape index (κ2) is 10.0. The van der Waals surface area contributed by atoms with E-state index in [0.717, 1.165) is 11.4 Å². The number of nitrogens with zero attached hydrogens (tertiary/aromatic N) is 3. The lowest BCUT2D eigenvalue weighted by Gasteiger charge is -2.11. The van der Waals surface area contributed by atoms with Gasteiger partial charge in [-0.1, -0.05) is 54.2 Å². The van der Waals surface area contributed by atoms with Crippen LogP contribution in [0.1, 0.15) is 46.2 Å². The number of ether oxygens (including phenoxy) is 1. The predicted octanol–water partition coefficient (Wildman–Crippen LogP) is 5.79. The van der Waals surface area contributed by atoms with E-state index < -0.39 is 11.9 Å². The Morgan fingerprint density at radius 1 is 1.12 bits per heavy atom. The molecule has 0 radical (unpaired) electrons. The summed E-state index contributed by atoms with van der Waals surface area (Å²) in [6.07, 6.45) is -0.628. The third kappa shape index (κ3) is 5.34. The average Bonchev–Trinajstić information content (AvgIpc) is 3.40. The van der Waals surface area contributed by atoms with Gasteiger partial charge in [-0.05, 0) is 44.5 Å². The lowest BCUT2D eigenvalue weighted by Crippen LogP contribution is -2.07. The summed E-state index contributed by atoms with van der Waals surface area (Å²) in [7, 11) is 0. The number of halogens is 1. The number of para-hydroxylation sites is 1. The number of aryl methyl sites for hydroxylation is 1. The van der Waals surface area contributed by atoms with Crippen LogP contribution in [0.25, 0.3) is 0 Å². The predicted molar refractivity (Wildman–Crippen MR) is 124 cm³/mol. The summed E-state index contributed by atoms with van der Waals surface area (Å²) in [5.74, 6) is 0.0178. The van der Waals surface area contributed by atoms with Crippen LogP contribution in [-0.2, 0) is 6.54 Å². The zero-order valence-electron chi connectivity index (χ0n) is 18.6. The summed E-state index contributed by atoms with van der Waals surface area (Å²) in [4.78, 5) is 12.9.